The number of hydrogen-bond donors (Lipinski definition) is 1. The minimum absolute atomic E-state index is 0.632. The zero-order chi connectivity index (χ0) is 14.4. The topological polar surface area (TPSA) is 24.5 Å². The molecule has 1 aliphatic rings. The maximum absolute atomic E-state index is 5.28. The first-order valence-electron chi connectivity index (χ1n) is 7.43. The van der Waals surface area contributed by atoms with Crippen LogP contribution in [-0.4, -0.2) is 38.2 Å². The smallest absolute Gasteiger partial charge is 0.0744 e. The molecule has 0 saturated carbocycles. The van der Waals surface area contributed by atoms with Gasteiger partial charge in [-0.3, -0.25) is 0 Å². The number of anilines is 1. The van der Waals surface area contributed by atoms with Crippen molar-refractivity contribution in [3.05, 3.63) is 28.2 Å². The SMILES string of the molecule is COCc1c(Br)cccc1NCCC1CCCCN1C. The normalized spacial score (nSPS) is 20.1. The lowest BCUT2D eigenvalue weighted by Crippen LogP contribution is -2.37. The molecule has 0 aromatic heterocycles. The largest absolute Gasteiger partial charge is 0.385 e. The van der Waals surface area contributed by atoms with Crippen LogP contribution in [0, 0.1) is 0 Å². The van der Waals surface area contributed by atoms with Gasteiger partial charge in [-0.15, -0.1) is 0 Å². The maximum atomic E-state index is 5.28. The third-order valence-electron chi connectivity index (χ3n) is 4.12. The highest BCUT2D eigenvalue weighted by Crippen LogP contribution is 2.26. The lowest BCUT2D eigenvalue weighted by atomic mass is 10.00. The Morgan fingerprint density at radius 3 is 3.00 bits per heavy atom. The summed E-state index contributed by atoms with van der Waals surface area (Å²) in [5.41, 5.74) is 2.38. The van der Waals surface area contributed by atoms with Crippen molar-refractivity contribution in [3.8, 4) is 0 Å². The number of benzene rings is 1. The number of halogens is 1. The van der Waals surface area contributed by atoms with Crippen LogP contribution in [0.4, 0.5) is 5.69 Å². The van der Waals surface area contributed by atoms with Gasteiger partial charge < -0.3 is 15.0 Å². The van der Waals surface area contributed by atoms with E-state index in [0.29, 0.717) is 6.61 Å². The molecule has 4 heteroatoms. The monoisotopic (exact) mass is 340 g/mol. The van der Waals surface area contributed by atoms with Crippen LogP contribution in [-0.2, 0) is 11.3 Å². The molecule has 0 amide bonds. The Labute approximate surface area is 130 Å². The second kappa shape index (κ2) is 8.01. The van der Waals surface area contributed by atoms with E-state index in [4.69, 9.17) is 4.74 Å². The minimum atomic E-state index is 0.632. The summed E-state index contributed by atoms with van der Waals surface area (Å²) >= 11 is 3.60. The number of ether oxygens (including phenoxy) is 1. The molecule has 0 bridgehead atoms. The van der Waals surface area contributed by atoms with Crippen LogP contribution >= 0.6 is 15.9 Å². The van der Waals surface area contributed by atoms with Crippen molar-refractivity contribution < 1.29 is 4.74 Å². The third kappa shape index (κ3) is 4.21. The summed E-state index contributed by atoms with van der Waals surface area (Å²) in [5, 5.41) is 3.57. The van der Waals surface area contributed by atoms with Gasteiger partial charge in [-0.1, -0.05) is 28.4 Å². The molecular weight excluding hydrogens is 316 g/mol. The average Bonchev–Trinajstić information content (AvgIpc) is 2.44. The van der Waals surface area contributed by atoms with Crippen LogP contribution in [0.15, 0.2) is 22.7 Å². The van der Waals surface area contributed by atoms with Gasteiger partial charge in [-0.05, 0) is 45.0 Å². The Hall–Kier alpha value is -0.580. The predicted molar refractivity (Wildman–Crippen MR) is 88.2 cm³/mol. The molecule has 0 aliphatic carbocycles. The fraction of sp³-hybridized carbons (Fsp3) is 0.625. The standard InChI is InChI=1S/C16H25BrN2O/c1-19-11-4-3-6-13(19)9-10-18-16-8-5-7-15(17)14(16)12-20-2/h5,7-8,13,18H,3-4,6,9-12H2,1-2H3. The second-order valence-corrected chi connectivity index (χ2v) is 6.40. The van der Waals surface area contributed by atoms with Crippen molar-refractivity contribution in [1.29, 1.82) is 0 Å². The Morgan fingerprint density at radius 2 is 2.25 bits per heavy atom. The van der Waals surface area contributed by atoms with Crippen molar-refractivity contribution in [1.82, 2.24) is 4.90 Å². The molecule has 0 radical (unpaired) electrons. The molecule has 112 valence electrons. The van der Waals surface area contributed by atoms with E-state index in [2.05, 4.69) is 51.4 Å². The second-order valence-electron chi connectivity index (χ2n) is 5.54. The molecule has 1 aliphatic heterocycles. The maximum Gasteiger partial charge on any atom is 0.0744 e. The summed E-state index contributed by atoms with van der Waals surface area (Å²) in [5.74, 6) is 0. The summed E-state index contributed by atoms with van der Waals surface area (Å²) in [7, 11) is 3.99. The van der Waals surface area contributed by atoms with E-state index in [0.717, 1.165) is 17.1 Å². The summed E-state index contributed by atoms with van der Waals surface area (Å²) in [6.45, 7) is 2.89. The molecular formula is C16H25BrN2O. The zero-order valence-electron chi connectivity index (χ0n) is 12.5. The number of methoxy groups -OCH3 is 1. The number of nitrogens with one attached hydrogen (secondary N) is 1. The Balaban J connectivity index is 1.88. The first-order valence-corrected chi connectivity index (χ1v) is 8.22. The van der Waals surface area contributed by atoms with Crippen LogP contribution in [0.2, 0.25) is 0 Å². The van der Waals surface area contributed by atoms with Gasteiger partial charge in [-0.25, -0.2) is 0 Å². The third-order valence-corrected chi connectivity index (χ3v) is 4.87. The molecule has 3 nitrogen and oxygen atoms in total. The fourth-order valence-corrected chi connectivity index (χ4v) is 3.38. The van der Waals surface area contributed by atoms with E-state index in [9.17, 15) is 0 Å². The van der Waals surface area contributed by atoms with Gasteiger partial charge in [-0.2, -0.15) is 0 Å². The highest BCUT2D eigenvalue weighted by atomic mass is 79.9. The van der Waals surface area contributed by atoms with Crippen molar-refractivity contribution in [2.45, 2.75) is 38.3 Å². The van der Waals surface area contributed by atoms with Gasteiger partial charge in [0.2, 0.25) is 0 Å². The van der Waals surface area contributed by atoms with Crippen molar-refractivity contribution in [2.24, 2.45) is 0 Å². The summed E-state index contributed by atoms with van der Waals surface area (Å²) in [6.07, 6.45) is 5.27. The summed E-state index contributed by atoms with van der Waals surface area (Å²) in [6, 6.07) is 6.99. The predicted octanol–water partition coefficient (Wildman–Crippen LogP) is 3.88. The Morgan fingerprint density at radius 1 is 1.40 bits per heavy atom. The van der Waals surface area contributed by atoms with Crippen LogP contribution in [0.1, 0.15) is 31.2 Å². The van der Waals surface area contributed by atoms with E-state index < -0.39 is 0 Å². The van der Waals surface area contributed by atoms with E-state index in [1.54, 1.807) is 7.11 Å². The van der Waals surface area contributed by atoms with Crippen LogP contribution in [0.5, 0.6) is 0 Å². The fourth-order valence-electron chi connectivity index (χ4n) is 2.90. The first kappa shape index (κ1) is 15.8. The lowest BCUT2D eigenvalue weighted by Gasteiger charge is -2.32. The molecule has 1 aromatic rings. The first-order chi connectivity index (χ1) is 9.72. The summed E-state index contributed by atoms with van der Waals surface area (Å²) < 4.78 is 6.39. The molecule has 1 fully saturated rings. The van der Waals surface area contributed by atoms with Gasteiger partial charge in [0.05, 0.1) is 6.61 Å². The van der Waals surface area contributed by atoms with Crippen molar-refractivity contribution >= 4 is 21.6 Å². The molecule has 20 heavy (non-hydrogen) atoms. The molecule has 1 N–H and O–H groups in total. The van der Waals surface area contributed by atoms with Crippen LogP contribution in [0.25, 0.3) is 0 Å². The number of hydrogen-bond acceptors (Lipinski definition) is 3. The zero-order valence-corrected chi connectivity index (χ0v) is 14.1. The van der Waals surface area contributed by atoms with E-state index in [-0.39, 0.29) is 0 Å². The molecule has 1 aromatic carbocycles. The van der Waals surface area contributed by atoms with E-state index >= 15 is 0 Å². The highest BCUT2D eigenvalue weighted by Gasteiger charge is 2.18. The Bertz CT molecular complexity index is 425. The van der Waals surface area contributed by atoms with Crippen molar-refractivity contribution in [2.75, 3.05) is 32.6 Å². The molecule has 1 saturated heterocycles. The van der Waals surface area contributed by atoms with Gasteiger partial charge in [0.1, 0.15) is 0 Å². The molecule has 1 heterocycles. The quantitative estimate of drug-likeness (QED) is 0.850. The van der Waals surface area contributed by atoms with Gasteiger partial charge in [0, 0.05) is 35.4 Å². The minimum Gasteiger partial charge on any atom is -0.385 e. The van der Waals surface area contributed by atoms with Gasteiger partial charge in [0.25, 0.3) is 0 Å². The number of likely N-dealkylation sites (tertiary alicyclic amines) is 1. The highest BCUT2D eigenvalue weighted by molar-refractivity contribution is 9.10. The molecule has 1 atom stereocenters. The van der Waals surface area contributed by atoms with Gasteiger partial charge >= 0.3 is 0 Å². The summed E-state index contributed by atoms with van der Waals surface area (Å²) in [4.78, 5) is 2.50. The molecule has 1 unspecified atom stereocenters. The van der Waals surface area contributed by atoms with Gasteiger partial charge in [0.15, 0.2) is 0 Å². The number of rotatable bonds is 6. The number of piperidine rings is 1. The number of nitrogens with zero attached hydrogens (tertiary/aromatic N) is 1. The van der Waals surface area contributed by atoms with Crippen LogP contribution < -0.4 is 5.32 Å². The Kier molecular flexibility index (Phi) is 6.33. The van der Waals surface area contributed by atoms with E-state index in [1.807, 2.05) is 0 Å². The molecule has 0 spiro atoms. The molecule has 2 rings (SSSR count). The van der Waals surface area contributed by atoms with Crippen molar-refractivity contribution in [3.63, 3.8) is 0 Å². The van der Waals surface area contributed by atoms with E-state index in [1.165, 1.54) is 43.5 Å². The van der Waals surface area contributed by atoms with Crippen LogP contribution in [0.3, 0.4) is 0 Å². The average molecular weight is 341 g/mol. The lowest BCUT2D eigenvalue weighted by molar-refractivity contribution is 0.179.